The van der Waals surface area contributed by atoms with Gasteiger partial charge in [0.25, 0.3) is 0 Å². The van der Waals surface area contributed by atoms with Crippen LogP contribution < -0.4 is 11.5 Å². The van der Waals surface area contributed by atoms with E-state index in [1.54, 1.807) is 28.9 Å². The average molecular weight is 402 g/mol. The van der Waals surface area contributed by atoms with Gasteiger partial charge in [-0.05, 0) is 37.1 Å². The summed E-state index contributed by atoms with van der Waals surface area (Å²) in [6.07, 6.45) is 3.48. The fraction of sp³-hybridized carbons (Fsp3) is 0.412. The smallest absolute Gasteiger partial charge is 0.243 e. The number of amidine groups is 1. The Morgan fingerprint density at radius 3 is 2.39 bits per heavy atom. The summed E-state index contributed by atoms with van der Waals surface area (Å²) in [5, 5.41) is 12.5. The summed E-state index contributed by atoms with van der Waals surface area (Å²) >= 11 is 0. The highest BCUT2D eigenvalue weighted by Gasteiger charge is 2.25. The zero-order valence-corrected chi connectivity index (χ0v) is 16.1. The summed E-state index contributed by atoms with van der Waals surface area (Å²) < 4.78 is 28.6. The van der Waals surface area contributed by atoms with Crippen LogP contribution in [-0.4, -0.2) is 41.4 Å². The van der Waals surface area contributed by atoms with Crippen molar-refractivity contribution in [3.8, 4) is 0 Å². The molecule has 2 aliphatic rings. The summed E-state index contributed by atoms with van der Waals surface area (Å²) in [6.45, 7) is 1.73. The molecule has 0 unspecified atom stereocenters. The molecule has 1 saturated heterocycles. The van der Waals surface area contributed by atoms with Crippen LogP contribution in [0.15, 0.2) is 44.4 Å². The first-order valence-electron chi connectivity index (χ1n) is 9.16. The lowest BCUT2D eigenvalue weighted by Crippen LogP contribution is -2.35. The van der Waals surface area contributed by atoms with E-state index >= 15 is 0 Å². The number of anilines is 1. The van der Waals surface area contributed by atoms with E-state index in [1.165, 1.54) is 4.31 Å². The number of hydrogen-bond donors (Lipinski definition) is 2. The van der Waals surface area contributed by atoms with Crippen molar-refractivity contribution < 1.29 is 8.42 Å². The van der Waals surface area contributed by atoms with Crippen LogP contribution in [0.4, 0.5) is 23.0 Å². The van der Waals surface area contributed by atoms with Gasteiger partial charge in [-0.3, -0.25) is 0 Å². The fourth-order valence-electron chi connectivity index (χ4n) is 3.28. The number of aromatic nitrogens is 2. The molecule has 0 saturated carbocycles. The molecule has 4 rings (SSSR count). The number of sulfonamides is 1. The van der Waals surface area contributed by atoms with Gasteiger partial charge in [-0.15, -0.1) is 5.11 Å². The number of aryl methyl sites for hydroxylation is 1. The first-order valence-corrected chi connectivity index (χ1v) is 10.6. The number of aliphatic imine (C=N–C) groups is 1. The maximum Gasteiger partial charge on any atom is 0.243 e. The van der Waals surface area contributed by atoms with Gasteiger partial charge < -0.3 is 11.5 Å². The number of piperidine rings is 1. The lowest BCUT2D eigenvalue weighted by atomic mass is 10.2. The number of nitrogens with two attached hydrogens (primary N) is 2. The Morgan fingerprint density at radius 1 is 0.964 bits per heavy atom. The summed E-state index contributed by atoms with van der Waals surface area (Å²) in [5.41, 5.74) is 12.6. The van der Waals surface area contributed by atoms with Crippen molar-refractivity contribution in [2.75, 3.05) is 18.8 Å². The topological polar surface area (TPSA) is 144 Å². The zero-order valence-electron chi connectivity index (χ0n) is 15.3. The summed E-state index contributed by atoms with van der Waals surface area (Å²) in [7, 11) is -3.47. The lowest BCUT2D eigenvalue weighted by molar-refractivity contribution is 0.346. The Morgan fingerprint density at radius 2 is 1.68 bits per heavy atom. The third kappa shape index (κ3) is 3.50. The molecule has 2 aromatic rings. The number of hydrogen-bond acceptors (Lipinski definition) is 8. The number of azo groups is 1. The molecule has 0 radical (unpaired) electrons. The molecular weight excluding hydrogens is 380 g/mol. The molecule has 11 heteroatoms. The van der Waals surface area contributed by atoms with Crippen LogP contribution in [0.25, 0.3) is 0 Å². The van der Waals surface area contributed by atoms with Crippen LogP contribution in [0, 0.1) is 0 Å². The predicted octanol–water partition coefficient (Wildman–Crippen LogP) is 2.45. The van der Waals surface area contributed by atoms with E-state index in [9.17, 15) is 8.42 Å². The predicted molar refractivity (Wildman–Crippen MR) is 106 cm³/mol. The number of rotatable bonds is 4. The first-order chi connectivity index (χ1) is 13.4. The third-order valence-corrected chi connectivity index (χ3v) is 6.72. The Kier molecular flexibility index (Phi) is 4.85. The number of fused-ring (bicyclic) bond motifs is 1. The molecular formula is C17H22N8O2S. The van der Waals surface area contributed by atoms with Gasteiger partial charge in [0.05, 0.1) is 17.1 Å². The van der Waals surface area contributed by atoms with E-state index in [-0.39, 0.29) is 10.7 Å². The van der Waals surface area contributed by atoms with E-state index < -0.39 is 10.0 Å². The first kappa shape index (κ1) is 18.6. The molecule has 4 N–H and O–H groups in total. The molecule has 0 atom stereocenters. The normalized spacial score (nSPS) is 18.2. The van der Waals surface area contributed by atoms with E-state index in [0.717, 1.165) is 19.3 Å². The largest absolute Gasteiger partial charge is 0.387 e. The number of nitrogens with zero attached hydrogens (tertiary/aromatic N) is 6. The van der Waals surface area contributed by atoms with E-state index in [1.807, 2.05) is 0 Å². The molecule has 1 aromatic carbocycles. The van der Waals surface area contributed by atoms with Gasteiger partial charge in [-0.25, -0.2) is 18.1 Å². The second-order valence-electron chi connectivity index (χ2n) is 6.79. The van der Waals surface area contributed by atoms with E-state index in [0.29, 0.717) is 49.1 Å². The van der Waals surface area contributed by atoms with Gasteiger partial charge in [-0.1, -0.05) is 6.42 Å². The van der Waals surface area contributed by atoms with E-state index in [2.05, 4.69) is 20.3 Å². The van der Waals surface area contributed by atoms with Crippen molar-refractivity contribution >= 4 is 38.9 Å². The molecule has 0 spiro atoms. The monoisotopic (exact) mass is 402 g/mol. The maximum atomic E-state index is 12.7. The van der Waals surface area contributed by atoms with Crippen LogP contribution in [0.2, 0.25) is 0 Å². The minimum atomic E-state index is -3.47. The van der Waals surface area contributed by atoms with Gasteiger partial charge in [0.2, 0.25) is 10.0 Å². The maximum absolute atomic E-state index is 12.7. The van der Waals surface area contributed by atoms with Crippen LogP contribution >= 0.6 is 0 Å². The van der Waals surface area contributed by atoms with Crippen molar-refractivity contribution in [1.82, 2.24) is 14.1 Å². The highest BCUT2D eigenvalue weighted by atomic mass is 32.2. The Hall–Kier alpha value is -2.79. The standard InChI is InChI=1S/C17H22N8O2S/c18-14-8-11-25-17(20-14)15(16(19)23-25)22-21-12-4-6-13(7-5-12)28(26,27)24-9-2-1-3-10-24/h4-7H,1-3,8-11H2,(H2,18,20)(H2,19,23). The van der Waals surface area contributed by atoms with Crippen LogP contribution in [0.3, 0.4) is 0 Å². The van der Waals surface area contributed by atoms with Crippen molar-refractivity contribution in [3.05, 3.63) is 24.3 Å². The quantitative estimate of drug-likeness (QED) is 0.755. The van der Waals surface area contributed by atoms with Crippen molar-refractivity contribution in [2.24, 2.45) is 21.0 Å². The van der Waals surface area contributed by atoms with Crippen LogP contribution in [-0.2, 0) is 16.6 Å². The summed E-state index contributed by atoms with van der Waals surface area (Å²) in [4.78, 5) is 4.51. The van der Waals surface area contributed by atoms with Gasteiger partial charge in [0.15, 0.2) is 17.3 Å². The molecule has 2 aliphatic heterocycles. The molecule has 28 heavy (non-hydrogen) atoms. The summed E-state index contributed by atoms with van der Waals surface area (Å²) in [6, 6.07) is 6.32. The molecule has 0 amide bonds. The van der Waals surface area contributed by atoms with Gasteiger partial charge in [0.1, 0.15) is 5.84 Å². The molecule has 148 valence electrons. The Balaban J connectivity index is 1.55. The minimum absolute atomic E-state index is 0.224. The number of nitrogen functional groups attached to an aromatic ring is 1. The molecule has 0 bridgehead atoms. The molecule has 1 aromatic heterocycles. The second-order valence-corrected chi connectivity index (χ2v) is 8.73. The highest BCUT2D eigenvalue weighted by molar-refractivity contribution is 7.89. The average Bonchev–Trinajstić information content (AvgIpc) is 3.01. The van der Waals surface area contributed by atoms with Crippen molar-refractivity contribution in [1.29, 1.82) is 0 Å². The fourth-order valence-corrected chi connectivity index (χ4v) is 4.80. The number of benzene rings is 1. The highest BCUT2D eigenvalue weighted by Crippen LogP contribution is 2.37. The third-order valence-electron chi connectivity index (χ3n) is 4.81. The molecule has 3 heterocycles. The molecule has 1 fully saturated rings. The Bertz CT molecular complexity index is 1030. The molecule has 0 aliphatic carbocycles. The lowest BCUT2D eigenvalue weighted by Gasteiger charge is -2.25. The minimum Gasteiger partial charge on any atom is -0.387 e. The Labute approximate surface area is 163 Å². The van der Waals surface area contributed by atoms with Gasteiger partial charge in [-0.2, -0.15) is 14.5 Å². The van der Waals surface area contributed by atoms with Gasteiger partial charge in [0, 0.05) is 19.5 Å². The van der Waals surface area contributed by atoms with Crippen LogP contribution in [0.1, 0.15) is 25.7 Å². The van der Waals surface area contributed by atoms with E-state index in [4.69, 9.17) is 11.5 Å². The SMILES string of the molecule is NC1=Nc2c(N=Nc3ccc(S(=O)(=O)N4CCCCC4)cc3)c(N)nn2CC1. The van der Waals surface area contributed by atoms with Gasteiger partial charge >= 0.3 is 0 Å². The van der Waals surface area contributed by atoms with Crippen molar-refractivity contribution in [2.45, 2.75) is 37.1 Å². The molecule has 10 nitrogen and oxygen atoms in total. The summed E-state index contributed by atoms with van der Waals surface area (Å²) in [5.74, 6) is 1.20. The van der Waals surface area contributed by atoms with Crippen molar-refractivity contribution in [3.63, 3.8) is 0 Å². The van der Waals surface area contributed by atoms with Crippen LogP contribution in [0.5, 0.6) is 0 Å². The zero-order chi connectivity index (χ0) is 19.7. The second kappa shape index (κ2) is 7.32.